The molecule has 4 nitrogen and oxygen atoms in total. The van der Waals surface area contributed by atoms with Crippen molar-refractivity contribution in [3.63, 3.8) is 0 Å². The van der Waals surface area contributed by atoms with Crippen LogP contribution in [-0.4, -0.2) is 45.3 Å². The van der Waals surface area contributed by atoms with Crippen LogP contribution in [0, 0.1) is 0 Å². The second-order valence-corrected chi connectivity index (χ2v) is 3.18. The number of nitrogens with two attached hydrogens (primary N) is 1. The standard InChI is InChI=1S/C8H20N4/c9-2-1-8-7-11-4-3-10-5-6-12-8/h8,10-12H,1-7,9H2. The Morgan fingerprint density at radius 3 is 2.67 bits per heavy atom. The fourth-order valence-corrected chi connectivity index (χ4v) is 1.42. The summed E-state index contributed by atoms with van der Waals surface area (Å²) in [5.74, 6) is 0. The van der Waals surface area contributed by atoms with Crippen LogP contribution in [0.4, 0.5) is 0 Å². The minimum absolute atomic E-state index is 0.551. The van der Waals surface area contributed by atoms with Crippen LogP contribution >= 0.6 is 0 Å². The van der Waals surface area contributed by atoms with Gasteiger partial charge in [0.15, 0.2) is 0 Å². The lowest BCUT2D eigenvalue weighted by Gasteiger charge is -2.16. The molecule has 1 aliphatic heterocycles. The Balaban J connectivity index is 2.19. The first-order chi connectivity index (χ1) is 5.93. The van der Waals surface area contributed by atoms with Crippen LogP contribution in [-0.2, 0) is 0 Å². The van der Waals surface area contributed by atoms with Gasteiger partial charge in [-0.3, -0.25) is 0 Å². The zero-order chi connectivity index (χ0) is 8.65. The largest absolute Gasteiger partial charge is 0.330 e. The molecule has 1 heterocycles. The fourth-order valence-electron chi connectivity index (χ4n) is 1.42. The molecule has 0 aromatic heterocycles. The normalized spacial score (nSPS) is 27.2. The Labute approximate surface area is 74.3 Å². The van der Waals surface area contributed by atoms with Crippen molar-refractivity contribution >= 4 is 0 Å². The Bertz CT molecular complexity index is 97.2. The Morgan fingerprint density at radius 1 is 1.08 bits per heavy atom. The molecule has 0 radical (unpaired) electrons. The molecule has 5 N–H and O–H groups in total. The highest BCUT2D eigenvalue weighted by Crippen LogP contribution is 1.88. The Hall–Kier alpha value is -0.160. The predicted octanol–water partition coefficient (Wildman–Crippen LogP) is -1.51. The summed E-state index contributed by atoms with van der Waals surface area (Å²) >= 11 is 0. The van der Waals surface area contributed by atoms with Gasteiger partial charge in [-0.15, -0.1) is 0 Å². The maximum absolute atomic E-state index is 5.51. The average Bonchev–Trinajstić information content (AvgIpc) is 2.19. The van der Waals surface area contributed by atoms with Crippen molar-refractivity contribution in [2.24, 2.45) is 5.73 Å². The highest BCUT2D eigenvalue weighted by Gasteiger charge is 2.06. The van der Waals surface area contributed by atoms with E-state index in [-0.39, 0.29) is 0 Å². The van der Waals surface area contributed by atoms with Gasteiger partial charge in [0.1, 0.15) is 0 Å². The van der Waals surface area contributed by atoms with Crippen LogP contribution in [0.15, 0.2) is 0 Å². The summed E-state index contributed by atoms with van der Waals surface area (Å²) in [6, 6.07) is 0.551. The van der Waals surface area contributed by atoms with Gasteiger partial charge in [0, 0.05) is 38.8 Å². The molecule has 1 saturated heterocycles. The molecule has 0 saturated carbocycles. The van der Waals surface area contributed by atoms with Crippen molar-refractivity contribution in [2.75, 3.05) is 39.3 Å². The monoisotopic (exact) mass is 172 g/mol. The summed E-state index contributed by atoms with van der Waals surface area (Å²) in [6.45, 7) is 6.04. The molecule has 12 heavy (non-hydrogen) atoms. The zero-order valence-corrected chi connectivity index (χ0v) is 7.60. The smallest absolute Gasteiger partial charge is 0.0205 e. The summed E-state index contributed by atoms with van der Waals surface area (Å²) in [5, 5.41) is 10.2. The van der Waals surface area contributed by atoms with E-state index in [1.54, 1.807) is 0 Å². The Kier molecular flexibility index (Phi) is 5.27. The molecule has 1 atom stereocenters. The molecule has 1 rings (SSSR count). The van der Waals surface area contributed by atoms with Crippen LogP contribution in [0.2, 0.25) is 0 Å². The van der Waals surface area contributed by atoms with Crippen molar-refractivity contribution < 1.29 is 0 Å². The van der Waals surface area contributed by atoms with E-state index in [1.807, 2.05) is 0 Å². The van der Waals surface area contributed by atoms with E-state index in [2.05, 4.69) is 16.0 Å². The summed E-state index contributed by atoms with van der Waals surface area (Å²) in [6.07, 6.45) is 1.06. The van der Waals surface area contributed by atoms with E-state index >= 15 is 0 Å². The van der Waals surface area contributed by atoms with E-state index in [0.717, 1.165) is 45.7 Å². The molecule has 1 fully saturated rings. The predicted molar refractivity (Wildman–Crippen MR) is 51.2 cm³/mol. The van der Waals surface area contributed by atoms with Crippen LogP contribution in [0.1, 0.15) is 6.42 Å². The van der Waals surface area contributed by atoms with Gasteiger partial charge in [0.25, 0.3) is 0 Å². The molecule has 0 bridgehead atoms. The van der Waals surface area contributed by atoms with Crippen molar-refractivity contribution in [1.82, 2.24) is 16.0 Å². The lowest BCUT2D eigenvalue weighted by atomic mass is 10.2. The fraction of sp³-hybridized carbons (Fsp3) is 1.00. The average molecular weight is 172 g/mol. The molecule has 0 amide bonds. The Morgan fingerprint density at radius 2 is 1.83 bits per heavy atom. The molecule has 1 unspecified atom stereocenters. The minimum atomic E-state index is 0.551. The molecule has 0 aromatic rings. The molecule has 72 valence electrons. The summed E-state index contributed by atoms with van der Waals surface area (Å²) < 4.78 is 0. The highest BCUT2D eigenvalue weighted by molar-refractivity contribution is 4.72. The topological polar surface area (TPSA) is 62.1 Å². The first-order valence-electron chi connectivity index (χ1n) is 4.78. The molecular weight excluding hydrogens is 152 g/mol. The SMILES string of the molecule is NCCC1CNCCNCCN1. The zero-order valence-electron chi connectivity index (χ0n) is 7.60. The van der Waals surface area contributed by atoms with E-state index in [1.165, 1.54) is 0 Å². The van der Waals surface area contributed by atoms with Crippen molar-refractivity contribution in [3.8, 4) is 0 Å². The molecule has 4 heteroatoms. The third-order valence-electron chi connectivity index (χ3n) is 2.12. The van der Waals surface area contributed by atoms with Gasteiger partial charge in [-0.2, -0.15) is 0 Å². The number of hydrogen-bond donors (Lipinski definition) is 4. The third kappa shape index (κ3) is 4.01. The molecule has 0 aliphatic carbocycles. The lowest BCUT2D eigenvalue weighted by Crippen LogP contribution is -2.40. The van der Waals surface area contributed by atoms with Crippen LogP contribution < -0.4 is 21.7 Å². The van der Waals surface area contributed by atoms with Crippen molar-refractivity contribution in [1.29, 1.82) is 0 Å². The molecule has 0 aromatic carbocycles. The van der Waals surface area contributed by atoms with Gasteiger partial charge in [-0.05, 0) is 13.0 Å². The van der Waals surface area contributed by atoms with Crippen LogP contribution in [0.25, 0.3) is 0 Å². The summed E-state index contributed by atoms with van der Waals surface area (Å²) in [4.78, 5) is 0. The molecule has 1 aliphatic rings. The van der Waals surface area contributed by atoms with Crippen LogP contribution in [0.3, 0.4) is 0 Å². The lowest BCUT2D eigenvalue weighted by molar-refractivity contribution is 0.471. The maximum Gasteiger partial charge on any atom is 0.0205 e. The van der Waals surface area contributed by atoms with Gasteiger partial charge >= 0.3 is 0 Å². The van der Waals surface area contributed by atoms with Crippen LogP contribution in [0.5, 0.6) is 0 Å². The van der Waals surface area contributed by atoms with Gasteiger partial charge < -0.3 is 21.7 Å². The molecular formula is C8H20N4. The first-order valence-corrected chi connectivity index (χ1v) is 4.78. The molecule has 0 spiro atoms. The first kappa shape index (κ1) is 9.92. The van der Waals surface area contributed by atoms with Crippen molar-refractivity contribution in [2.45, 2.75) is 12.5 Å². The van der Waals surface area contributed by atoms with Crippen molar-refractivity contribution in [3.05, 3.63) is 0 Å². The van der Waals surface area contributed by atoms with E-state index < -0.39 is 0 Å². The quantitative estimate of drug-likeness (QED) is 0.409. The van der Waals surface area contributed by atoms with Gasteiger partial charge in [-0.1, -0.05) is 0 Å². The van der Waals surface area contributed by atoms with Gasteiger partial charge in [-0.25, -0.2) is 0 Å². The maximum atomic E-state index is 5.51. The summed E-state index contributed by atoms with van der Waals surface area (Å²) in [7, 11) is 0. The second-order valence-electron chi connectivity index (χ2n) is 3.18. The van der Waals surface area contributed by atoms with E-state index in [0.29, 0.717) is 6.04 Å². The number of rotatable bonds is 2. The highest BCUT2D eigenvalue weighted by atomic mass is 15.0. The minimum Gasteiger partial charge on any atom is -0.330 e. The third-order valence-corrected chi connectivity index (χ3v) is 2.12. The summed E-state index contributed by atoms with van der Waals surface area (Å²) in [5.41, 5.74) is 5.51. The van der Waals surface area contributed by atoms with E-state index in [4.69, 9.17) is 5.73 Å². The van der Waals surface area contributed by atoms with Gasteiger partial charge in [0.05, 0.1) is 0 Å². The second kappa shape index (κ2) is 6.37. The number of nitrogens with one attached hydrogen (secondary N) is 3. The van der Waals surface area contributed by atoms with E-state index in [9.17, 15) is 0 Å². The number of hydrogen-bond acceptors (Lipinski definition) is 4. The van der Waals surface area contributed by atoms with Gasteiger partial charge in [0.2, 0.25) is 0 Å².